The van der Waals surface area contributed by atoms with Crippen LogP contribution < -0.4 is 4.74 Å². The summed E-state index contributed by atoms with van der Waals surface area (Å²) in [7, 11) is 0. The van der Waals surface area contributed by atoms with Gasteiger partial charge in [0.25, 0.3) is 0 Å². The SMILES string of the molecule is Clc1cc(COc2cccc(I)c2)ccn1. The fraction of sp³-hybridized carbons (Fsp3) is 0.0833. The summed E-state index contributed by atoms with van der Waals surface area (Å²) in [5, 5.41) is 0.490. The molecule has 0 bridgehead atoms. The Kier molecular flexibility index (Phi) is 4.01. The molecule has 82 valence electrons. The van der Waals surface area contributed by atoms with Gasteiger partial charge in [-0.2, -0.15) is 0 Å². The van der Waals surface area contributed by atoms with Crippen molar-refractivity contribution in [3.05, 3.63) is 56.9 Å². The summed E-state index contributed by atoms with van der Waals surface area (Å²) < 4.78 is 6.79. The standard InChI is InChI=1S/C12H9ClINO/c13-12-6-9(4-5-15-12)8-16-11-3-1-2-10(14)7-11/h1-7H,8H2. The van der Waals surface area contributed by atoms with E-state index in [1.54, 1.807) is 12.3 Å². The molecule has 0 saturated heterocycles. The van der Waals surface area contributed by atoms with Gasteiger partial charge < -0.3 is 4.74 Å². The number of pyridine rings is 1. The van der Waals surface area contributed by atoms with E-state index in [9.17, 15) is 0 Å². The minimum absolute atomic E-state index is 0.490. The van der Waals surface area contributed by atoms with Crippen LogP contribution in [0.4, 0.5) is 0 Å². The fourth-order valence-corrected chi connectivity index (χ4v) is 1.97. The van der Waals surface area contributed by atoms with E-state index in [2.05, 4.69) is 27.6 Å². The zero-order valence-electron chi connectivity index (χ0n) is 8.36. The van der Waals surface area contributed by atoms with Gasteiger partial charge in [-0.25, -0.2) is 4.98 Å². The molecule has 1 aromatic carbocycles. The van der Waals surface area contributed by atoms with E-state index in [1.165, 1.54) is 0 Å². The molecule has 4 heteroatoms. The van der Waals surface area contributed by atoms with Gasteiger partial charge in [0.2, 0.25) is 0 Å². The zero-order valence-corrected chi connectivity index (χ0v) is 11.3. The van der Waals surface area contributed by atoms with E-state index in [1.807, 2.05) is 30.3 Å². The van der Waals surface area contributed by atoms with Crippen LogP contribution in [0.25, 0.3) is 0 Å². The molecule has 16 heavy (non-hydrogen) atoms. The molecule has 0 fully saturated rings. The van der Waals surface area contributed by atoms with E-state index in [0.717, 1.165) is 14.9 Å². The molecular weight excluding hydrogens is 336 g/mol. The molecule has 0 atom stereocenters. The molecule has 2 aromatic rings. The second kappa shape index (κ2) is 5.50. The number of nitrogens with zero attached hydrogens (tertiary/aromatic N) is 1. The first-order valence-electron chi connectivity index (χ1n) is 4.73. The van der Waals surface area contributed by atoms with Gasteiger partial charge in [-0.15, -0.1) is 0 Å². The molecule has 1 heterocycles. The number of ether oxygens (including phenoxy) is 1. The maximum atomic E-state index is 5.78. The highest BCUT2D eigenvalue weighted by atomic mass is 127. The Hall–Kier alpha value is -0.810. The molecule has 0 radical (unpaired) electrons. The zero-order chi connectivity index (χ0) is 11.4. The number of benzene rings is 1. The van der Waals surface area contributed by atoms with Gasteiger partial charge in [0.1, 0.15) is 17.5 Å². The first-order chi connectivity index (χ1) is 7.74. The molecule has 2 rings (SSSR count). The van der Waals surface area contributed by atoms with Crippen LogP contribution in [-0.2, 0) is 6.61 Å². The van der Waals surface area contributed by atoms with E-state index in [0.29, 0.717) is 11.8 Å². The molecule has 0 aliphatic carbocycles. The monoisotopic (exact) mass is 345 g/mol. The fourth-order valence-electron chi connectivity index (χ4n) is 1.26. The lowest BCUT2D eigenvalue weighted by Crippen LogP contribution is -1.95. The second-order valence-corrected chi connectivity index (χ2v) is 4.87. The predicted octanol–water partition coefficient (Wildman–Crippen LogP) is 3.92. The Morgan fingerprint density at radius 3 is 2.88 bits per heavy atom. The van der Waals surface area contributed by atoms with Gasteiger partial charge in [-0.05, 0) is 58.5 Å². The van der Waals surface area contributed by atoms with Crippen molar-refractivity contribution in [1.29, 1.82) is 0 Å². The van der Waals surface area contributed by atoms with Crippen molar-refractivity contribution in [3.8, 4) is 5.75 Å². The summed E-state index contributed by atoms with van der Waals surface area (Å²) in [6, 6.07) is 11.6. The van der Waals surface area contributed by atoms with Crippen molar-refractivity contribution in [3.63, 3.8) is 0 Å². The van der Waals surface area contributed by atoms with Crippen LogP contribution in [0, 0.1) is 3.57 Å². The molecule has 2 nitrogen and oxygen atoms in total. The summed E-state index contributed by atoms with van der Waals surface area (Å²) in [5.74, 6) is 0.861. The lowest BCUT2D eigenvalue weighted by Gasteiger charge is -2.06. The lowest BCUT2D eigenvalue weighted by atomic mass is 10.3. The molecule has 0 amide bonds. The van der Waals surface area contributed by atoms with Crippen molar-refractivity contribution in [2.45, 2.75) is 6.61 Å². The molecule has 0 spiro atoms. The maximum Gasteiger partial charge on any atom is 0.129 e. The van der Waals surface area contributed by atoms with Crippen LogP contribution in [0.1, 0.15) is 5.56 Å². The minimum Gasteiger partial charge on any atom is -0.489 e. The summed E-state index contributed by atoms with van der Waals surface area (Å²) >= 11 is 8.04. The normalized spacial score (nSPS) is 10.1. The Bertz CT molecular complexity index is 444. The Morgan fingerprint density at radius 2 is 2.12 bits per heavy atom. The lowest BCUT2D eigenvalue weighted by molar-refractivity contribution is 0.306. The quantitative estimate of drug-likeness (QED) is 0.621. The smallest absolute Gasteiger partial charge is 0.129 e. The molecule has 0 aliphatic heterocycles. The number of aromatic nitrogens is 1. The second-order valence-electron chi connectivity index (χ2n) is 3.23. The van der Waals surface area contributed by atoms with Crippen LogP contribution in [0.2, 0.25) is 5.15 Å². The Morgan fingerprint density at radius 1 is 1.25 bits per heavy atom. The molecule has 0 N–H and O–H groups in total. The van der Waals surface area contributed by atoms with Crippen LogP contribution in [0.15, 0.2) is 42.6 Å². The van der Waals surface area contributed by atoms with Gasteiger partial charge >= 0.3 is 0 Å². The first kappa shape index (κ1) is 11.7. The predicted molar refractivity (Wildman–Crippen MR) is 72.7 cm³/mol. The molecular formula is C12H9ClINO. The van der Waals surface area contributed by atoms with E-state index in [-0.39, 0.29) is 0 Å². The summed E-state index contributed by atoms with van der Waals surface area (Å²) in [5.41, 5.74) is 1.01. The topological polar surface area (TPSA) is 22.1 Å². The van der Waals surface area contributed by atoms with Crippen molar-refractivity contribution in [2.24, 2.45) is 0 Å². The number of rotatable bonds is 3. The first-order valence-corrected chi connectivity index (χ1v) is 6.18. The summed E-state index contributed by atoms with van der Waals surface area (Å²) in [4.78, 5) is 3.92. The van der Waals surface area contributed by atoms with Gasteiger partial charge in [0.15, 0.2) is 0 Å². The molecule has 0 aliphatic rings. The molecule has 0 unspecified atom stereocenters. The Labute approximate surface area is 113 Å². The number of hydrogen-bond donors (Lipinski definition) is 0. The third-order valence-electron chi connectivity index (χ3n) is 1.99. The average Bonchev–Trinajstić information content (AvgIpc) is 2.27. The highest BCUT2D eigenvalue weighted by Crippen LogP contribution is 2.16. The third-order valence-corrected chi connectivity index (χ3v) is 2.87. The van der Waals surface area contributed by atoms with Crippen molar-refractivity contribution in [2.75, 3.05) is 0 Å². The largest absolute Gasteiger partial charge is 0.489 e. The number of hydrogen-bond acceptors (Lipinski definition) is 2. The van der Waals surface area contributed by atoms with Crippen LogP contribution in [0.3, 0.4) is 0 Å². The van der Waals surface area contributed by atoms with Crippen molar-refractivity contribution in [1.82, 2.24) is 4.98 Å². The van der Waals surface area contributed by atoms with Crippen molar-refractivity contribution >= 4 is 34.2 Å². The van der Waals surface area contributed by atoms with E-state index >= 15 is 0 Å². The van der Waals surface area contributed by atoms with Crippen LogP contribution >= 0.6 is 34.2 Å². The minimum atomic E-state index is 0.490. The van der Waals surface area contributed by atoms with Crippen molar-refractivity contribution < 1.29 is 4.74 Å². The Balaban J connectivity index is 2.02. The highest BCUT2D eigenvalue weighted by molar-refractivity contribution is 14.1. The summed E-state index contributed by atoms with van der Waals surface area (Å²) in [6.45, 7) is 0.502. The van der Waals surface area contributed by atoms with Gasteiger partial charge in [-0.3, -0.25) is 0 Å². The number of halogens is 2. The molecule has 1 aromatic heterocycles. The van der Waals surface area contributed by atoms with Crippen LogP contribution in [0.5, 0.6) is 5.75 Å². The van der Waals surface area contributed by atoms with Gasteiger partial charge in [0, 0.05) is 9.77 Å². The maximum absolute atomic E-state index is 5.78. The summed E-state index contributed by atoms with van der Waals surface area (Å²) in [6.07, 6.45) is 1.68. The van der Waals surface area contributed by atoms with Gasteiger partial charge in [-0.1, -0.05) is 17.7 Å². The highest BCUT2D eigenvalue weighted by Gasteiger charge is 1.98. The average molecular weight is 346 g/mol. The molecule has 0 saturated carbocycles. The van der Waals surface area contributed by atoms with E-state index in [4.69, 9.17) is 16.3 Å². The third kappa shape index (κ3) is 3.35. The van der Waals surface area contributed by atoms with Crippen LogP contribution in [-0.4, -0.2) is 4.98 Å². The van der Waals surface area contributed by atoms with Gasteiger partial charge in [0.05, 0.1) is 0 Å². The van der Waals surface area contributed by atoms with E-state index < -0.39 is 0 Å².